The number of aliphatic hydroxyl groups is 1. The maximum atomic E-state index is 9.90. The molecular formula is C14H29NO2. The van der Waals surface area contributed by atoms with Crippen LogP contribution in [0, 0.1) is 5.92 Å². The van der Waals surface area contributed by atoms with E-state index in [0.717, 1.165) is 12.5 Å². The average molecular weight is 243 g/mol. The normalized spacial score (nSPS) is 27.7. The van der Waals surface area contributed by atoms with Crippen LogP contribution < -0.4 is 0 Å². The fourth-order valence-corrected chi connectivity index (χ4v) is 2.64. The predicted octanol–water partition coefficient (Wildman–Crippen LogP) is 2.28. The van der Waals surface area contributed by atoms with Gasteiger partial charge in [0.05, 0.1) is 18.8 Å². The van der Waals surface area contributed by atoms with Gasteiger partial charge >= 0.3 is 0 Å². The average Bonchev–Trinajstić information content (AvgIpc) is 2.26. The van der Waals surface area contributed by atoms with Gasteiger partial charge in [-0.1, -0.05) is 19.8 Å². The van der Waals surface area contributed by atoms with Crippen molar-refractivity contribution in [3.63, 3.8) is 0 Å². The van der Waals surface area contributed by atoms with E-state index in [1.807, 2.05) is 13.8 Å². The molecule has 0 amide bonds. The van der Waals surface area contributed by atoms with Gasteiger partial charge < -0.3 is 14.7 Å². The van der Waals surface area contributed by atoms with Gasteiger partial charge in [-0.25, -0.2) is 0 Å². The first-order valence-corrected chi connectivity index (χ1v) is 6.99. The van der Waals surface area contributed by atoms with E-state index < -0.39 is 0 Å². The molecule has 1 N–H and O–H groups in total. The largest absolute Gasteiger partial charge is 0.389 e. The van der Waals surface area contributed by atoms with Crippen molar-refractivity contribution in [1.29, 1.82) is 0 Å². The van der Waals surface area contributed by atoms with Crippen molar-refractivity contribution in [2.24, 2.45) is 5.92 Å². The summed E-state index contributed by atoms with van der Waals surface area (Å²) in [5.41, 5.74) is 0. The monoisotopic (exact) mass is 243 g/mol. The Hall–Kier alpha value is -0.120. The second-order valence-electron chi connectivity index (χ2n) is 5.90. The van der Waals surface area contributed by atoms with E-state index >= 15 is 0 Å². The standard InChI is InChI=1S/C14H29NO2/c1-11(2)17-10-14(16)9-15(4)13-7-5-6-12(3)8-13/h11-14,16H,5-10H2,1-4H3. The first-order valence-electron chi connectivity index (χ1n) is 6.99. The number of hydrogen-bond donors (Lipinski definition) is 1. The van der Waals surface area contributed by atoms with Crippen molar-refractivity contribution in [3.05, 3.63) is 0 Å². The highest BCUT2D eigenvalue weighted by Gasteiger charge is 2.23. The molecule has 0 saturated heterocycles. The van der Waals surface area contributed by atoms with Crippen molar-refractivity contribution in [2.45, 2.75) is 64.7 Å². The summed E-state index contributed by atoms with van der Waals surface area (Å²) in [4.78, 5) is 2.31. The molecule has 0 aliphatic heterocycles. The Morgan fingerprint density at radius 3 is 2.65 bits per heavy atom. The Bertz CT molecular complexity index is 208. The number of likely N-dealkylation sites (N-methyl/N-ethyl adjacent to an activating group) is 1. The lowest BCUT2D eigenvalue weighted by Crippen LogP contribution is -2.41. The van der Waals surface area contributed by atoms with Crippen molar-refractivity contribution in [1.82, 2.24) is 4.90 Å². The van der Waals surface area contributed by atoms with Crippen LogP contribution >= 0.6 is 0 Å². The van der Waals surface area contributed by atoms with Crippen molar-refractivity contribution in [2.75, 3.05) is 20.2 Å². The molecule has 0 aromatic carbocycles. The fraction of sp³-hybridized carbons (Fsp3) is 1.00. The zero-order chi connectivity index (χ0) is 12.8. The molecule has 3 unspecified atom stereocenters. The molecule has 0 aromatic rings. The molecule has 1 fully saturated rings. The summed E-state index contributed by atoms with van der Waals surface area (Å²) in [6, 6.07) is 0.646. The molecule has 0 bridgehead atoms. The molecule has 0 spiro atoms. The highest BCUT2D eigenvalue weighted by Crippen LogP contribution is 2.26. The molecule has 3 atom stereocenters. The molecular weight excluding hydrogens is 214 g/mol. The SMILES string of the molecule is CC1CCCC(N(C)CC(O)COC(C)C)C1. The van der Waals surface area contributed by atoms with Gasteiger partial charge in [0, 0.05) is 12.6 Å². The van der Waals surface area contributed by atoms with E-state index in [1.54, 1.807) is 0 Å². The van der Waals surface area contributed by atoms with Crippen LogP contribution in [-0.4, -0.2) is 48.5 Å². The van der Waals surface area contributed by atoms with Crippen molar-refractivity contribution >= 4 is 0 Å². The van der Waals surface area contributed by atoms with Crippen LogP contribution in [-0.2, 0) is 4.74 Å². The van der Waals surface area contributed by atoms with Crippen molar-refractivity contribution < 1.29 is 9.84 Å². The smallest absolute Gasteiger partial charge is 0.0900 e. The number of ether oxygens (including phenoxy) is 1. The van der Waals surface area contributed by atoms with E-state index in [0.29, 0.717) is 12.6 Å². The van der Waals surface area contributed by atoms with Gasteiger partial charge in [-0.15, -0.1) is 0 Å². The topological polar surface area (TPSA) is 32.7 Å². The van der Waals surface area contributed by atoms with Crippen molar-refractivity contribution in [3.8, 4) is 0 Å². The minimum atomic E-state index is -0.361. The molecule has 0 heterocycles. The van der Waals surface area contributed by atoms with Gasteiger partial charge in [0.15, 0.2) is 0 Å². The lowest BCUT2D eigenvalue weighted by molar-refractivity contribution is -0.0133. The molecule has 3 nitrogen and oxygen atoms in total. The minimum absolute atomic E-state index is 0.199. The van der Waals surface area contributed by atoms with E-state index in [1.165, 1.54) is 25.7 Å². The summed E-state index contributed by atoms with van der Waals surface area (Å²) in [6.07, 6.45) is 5.08. The van der Waals surface area contributed by atoms with Gasteiger partial charge in [-0.3, -0.25) is 0 Å². The van der Waals surface area contributed by atoms with Gasteiger partial charge in [0.1, 0.15) is 0 Å². The first kappa shape index (κ1) is 14.9. The van der Waals surface area contributed by atoms with Gasteiger partial charge in [-0.05, 0) is 39.7 Å². The van der Waals surface area contributed by atoms with Gasteiger partial charge in [-0.2, -0.15) is 0 Å². The summed E-state index contributed by atoms with van der Waals surface area (Å²) < 4.78 is 5.44. The molecule has 1 saturated carbocycles. The number of rotatable bonds is 6. The van der Waals surface area contributed by atoms with E-state index in [2.05, 4.69) is 18.9 Å². The third-order valence-electron chi connectivity index (χ3n) is 3.65. The Labute approximate surface area is 106 Å². The summed E-state index contributed by atoms with van der Waals surface area (Å²) in [7, 11) is 2.13. The van der Waals surface area contributed by atoms with Gasteiger partial charge in [0.25, 0.3) is 0 Å². The molecule has 1 rings (SSSR count). The van der Waals surface area contributed by atoms with Crippen LogP contribution in [0.4, 0.5) is 0 Å². The van der Waals surface area contributed by atoms with E-state index in [4.69, 9.17) is 4.74 Å². The number of nitrogens with zero attached hydrogens (tertiary/aromatic N) is 1. The lowest BCUT2D eigenvalue weighted by Gasteiger charge is -2.35. The quantitative estimate of drug-likeness (QED) is 0.777. The molecule has 17 heavy (non-hydrogen) atoms. The predicted molar refractivity (Wildman–Crippen MR) is 71.1 cm³/mol. The number of hydrogen-bond acceptors (Lipinski definition) is 3. The summed E-state index contributed by atoms with van der Waals surface area (Å²) in [5.74, 6) is 0.834. The lowest BCUT2D eigenvalue weighted by atomic mass is 9.86. The maximum Gasteiger partial charge on any atom is 0.0900 e. The van der Waals surface area contributed by atoms with Crippen LogP contribution in [0.3, 0.4) is 0 Å². The second-order valence-corrected chi connectivity index (χ2v) is 5.90. The highest BCUT2D eigenvalue weighted by molar-refractivity contribution is 4.78. The van der Waals surface area contributed by atoms with Crippen LogP contribution in [0.1, 0.15) is 46.5 Å². The summed E-state index contributed by atoms with van der Waals surface area (Å²) in [6.45, 7) is 7.51. The zero-order valence-corrected chi connectivity index (χ0v) is 11.9. The molecule has 1 aliphatic rings. The van der Waals surface area contributed by atoms with Crippen LogP contribution in [0.5, 0.6) is 0 Å². The molecule has 1 aliphatic carbocycles. The van der Waals surface area contributed by atoms with E-state index in [9.17, 15) is 5.11 Å². The third kappa shape index (κ3) is 5.84. The second kappa shape index (κ2) is 7.34. The Morgan fingerprint density at radius 2 is 2.06 bits per heavy atom. The molecule has 0 aromatic heterocycles. The Balaban J connectivity index is 2.24. The molecule has 3 heteroatoms. The molecule has 102 valence electrons. The third-order valence-corrected chi connectivity index (χ3v) is 3.65. The van der Waals surface area contributed by atoms with Gasteiger partial charge in [0.2, 0.25) is 0 Å². The Morgan fingerprint density at radius 1 is 1.35 bits per heavy atom. The Kier molecular flexibility index (Phi) is 6.45. The fourth-order valence-electron chi connectivity index (χ4n) is 2.64. The summed E-state index contributed by atoms with van der Waals surface area (Å²) >= 11 is 0. The van der Waals surface area contributed by atoms with Crippen LogP contribution in [0.2, 0.25) is 0 Å². The minimum Gasteiger partial charge on any atom is -0.389 e. The van der Waals surface area contributed by atoms with Crippen LogP contribution in [0.25, 0.3) is 0 Å². The zero-order valence-electron chi connectivity index (χ0n) is 11.9. The highest BCUT2D eigenvalue weighted by atomic mass is 16.5. The number of aliphatic hydroxyl groups excluding tert-OH is 1. The maximum absolute atomic E-state index is 9.90. The molecule has 0 radical (unpaired) electrons. The first-order chi connectivity index (χ1) is 7.99. The summed E-state index contributed by atoms with van der Waals surface area (Å²) in [5, 5.41) is 9.90. The van der Waals surface area contributed by atoms with E-state index in [-0.39, 0.29) is 12.2 Å². The van der Waals surface area contributed by atoms with Crippen LogP contribution in [0.15, 0.2) is 0 Å².